The molecule has 3 aromatic carbocycles. The minimum atomic E-state index is -4.71. The maximum absolute atomic E-state index is 13.7. The van der Waals surface area contributed by atoms with Crippen LogP contribution in [-0.4, -0.2) is 45.3 Å². The van der Waals surface area contributed by atoms with Gasteiger partial charge in [-0.3, -0.25) is 9.59 Å². The zero-order valence-corrected chi connectivity index (χ0v) is 22.7. The number of rotatable bonds is 8. The summed E-state index contributed by atoms with van der Waals surface area (Å²) in [5, 5.41) is 2.42. The molecule has 0 saturated carbocycles. The molecule has 40 heavy (non-hydrogen) atoms. The van der Waals surface area contributed by atoms with Gasteiger partial charge < -0.3 is 24.4 Å². The third-order valence-electron chi connectivity index (χ3n) is 6.70. The van der Waals surface area contributed by atoms with E-state index in [2.05, 4.69) is 15.0 Å². The predicted molar refractivity (Wildman–Crippen MR) is 145 cm³/mol. The second-order valence-electron chi connectivity index (χ2n) is 9.61. The molecule has 7 nitrogen and oxygen atoms in total. The second-order valence-corrected chi connectivity index (χ2v) is 9.61. The van der Waals surface area contributed by atoms with E-state index in [4.69, 9.17) is 9.47 Å². The number of para-hydroxylation sites is 2. The molecule has 1 aliphatic rings. The fourth-order valence-corrected chi connectivity index (χ4v) is 4.76. The van der Waals surface area contributed by atoms with Gasteiger partial charge in [0.25, 0.3) is 5.91 Å². The third-order valence-corrected chi connectivity index (χ3v) is 6.70. The number of nitrogens with zero attached hydrogens (tertiary/aromatic N) is 1. The molecule has 0 aliphatic carbocycles. The van der Waals surface area contributed by atoms with E-state index in [0.29, 0.717) is 29.8 Å². The van der Waals surface area contributed by atoms with Crippen molar-refractivity contribution >= 4 is 23.3 Å². The van der Waals surface area contributed by atoms with Crippen LogP contribution in [0.5, 0.6) is 11.5 Å². The molecule has 1 N–H and O–H groups in total. The summed E-state index contributed by atoms with van der Waals surface area (Å²) in [6.07, 6.45) is -4.70. The van der Waals surface area contributed by atoms with Crippen LogP contribution >= 0.6 is 0 Å². The van der Waals surface area contributed by atoms with Crippen molar-refractivity contribution in [1.29, 1.82) is 0 Å². The van der Waals surface area contributed by atoms with Crippen molar-refractivity contribution in [2.75, 3.05) is 37.5 Å². The molecule has 3 aromatic rings. The molecule has 1 aliphatic heterocycles. The molecule has 0 bridgehead atoms. The number of anilines is 2. The number of carbonyl (C=O) groups is 2. The van der Waals surface area contributed by atoms with Gasteiger partial charge in [0.05, 0.1) is 37.0 Å². The monoisotopic (exact) mass is 556 g/mol. The summed E-state index contributed by atoms with van der Waals surface area (Å²) in [5.74, 6) is 0.0185. The number of ether oxygens (including phenoxy) is 3. The summed E-state index contributed by atoms with van der Waals surface area (Å²) in [5.41, 5.74) is 1.29. The number of alkyl halides is 3. The number of likely N-dealkylation sites (N-methyl/N-ethyl adjacent to an activating group) is 1. The number of aryl methyl sites for hydroxylation is 2. The van der Waals surface area contributed by atoms with Gasteiger partial charge in [0, 0.05) is 12.6 Å². The lowest BCUT2D eigenvalue weighted by Gasteiger charge is -2.33. The summed E-state index contributed by atoms with van der Waals surface area (Å²) in [6.45, 7) is 4.46. The van der Waals surface area contributed by atoms with E-state index in [1.807, 2.05) is 38.2 Å². The Morgan fingerprint density at radius 1 is 1.12 bits per heavy atom. The number of benzene rings is 3. The highest BCUT2D eigenvalue weighted by molar-refractivity contribution is 6.07. The van der Waals surface area contributed by atoms with Crippen LogP contribution < -0.4 is 19.7 Å². The van der Waals surface area contributed by atoms with Gasteiger partial charge in [0.15, 0.2) is 0 Å². The fourth-order valence-electron chi connectivity index (χ4n) is 4.76. The van der Waals surface area contributed by atoms with Gasteiger partial charge in [-0.25, -0.2) is 0 Å². The summed E-state index contributed by atoms with van der Waals surface area (Å²) in [6, 6.07) is 14.3. The minimum Gasteiger partial charge on any atom is -0.490 e. The molecule has 0 aromatic heterocycles. The smallest absolute Gasteiger partial charge is 0.418 e. The first kappa shape index (κ1) is 28.8. The van der Waals surface area contributed by atoms with E-state index in [1.54, 1.807) is 19.1 Å². The lowest BCUT2D eigenvalue weighted by atomic mass is 9.98. The molecule has 1 atom stereocenters. The minimum absolute atomic E-state index is 0.216. The van der Waals surface area contributed by atoms with E-state index in [-0.39, 0.29) is 30.3 Å². The summed E-state index contributed by atoms with van der Waals surface area (Å²) >= 11 is 0. The summed E-state index contributed by atoms with van der Waals surface area (Å²) in [7, 11) is 3.17. The van der Waals surface area contributed by atoms with Crippen LogP contribution in [0.2, 0.25) is 0 Å². The molecule has 1 heterocycles. The predicted octanol–water partition coefficient (Wildman–Crippen LogP) is 5.82. The average molecular weight is 557 g/mol. The molecular weight excluding hydrogens is 525 g/mol. The molecule has 1 amide bonds. The van der Waals surface area contributed by atoms with E-state index < -0.39 is 29.3 Å². The van der Waals surface area contributed by atoms with E-state index >= 15 is 0 Å². The summed E-state index contributed by atoms with van der Waals surface area (Å²) in [4.78, 5) is 27.1. The molecule has 4 rings (SSSR count). The van der Waals surface area contributed by atoms with Gasteiger partial charge in [-0.15, -0.1) is 0 Å². The first-order valence-corrected chi connectivity index (χ1v) is 12.8. The van der Waals surface area contributed by atoms with Crippen LogP contribution in [-0.2, 0) is 28.5 Å². The average Bonchev–Trinajstić information content (AvgIpc) is 2.90. The number of methoxy groups -OCH3 is 1. The largest absolute Gasteiger partial charge is 0.490 e. The molecule has 0 saturated heterocycles. The lowest BCUT2D eigenvalue weighted by molar-refractivity contribution is -0.139. The van der Waals surface area contributed by atoms with Gasteiger partial charge in [-0.05, 0) is 66.4 Å². The zero-order valence-electron chi connectivity index (χ0n) is 22.7. The second kappa shape index (κ2) is 11.9. The zero-order chi connectivity index (χ0) is 29.0. The highest BCUT2D eigenvalue weighted by Gasteiger charge is 2.34. The molecular formula is C30H31F3N2O5. The number of amides is 1. The molecule has 212 valence electrons. The van der Waals surface area contributed by atoms with E-state index in [0.717, 1.165) is 23.6 Å². The van der Waals surface area contributed by atoms with Gasteiger partial charge in [-0.1, -0.05) is 25.1 Å². The van der Waals surface area contributed by atoms with Crippen molar-refractivity contribution in [1.82, 2.24) is 0 Å². The number of carbonyl (C=O) groups excluding carboxylic acids is 2. The normalized spacial score (nSPS) is 14.7. The van der Waals surface area contributed by atoms with Gasteiger partial charge in [-0.2, -0.15) is 13.2 Å². The number of esters is 1. The Morgan fingerprint density at radius 3 is 2.58 bits per heavy atom. The van der Waals surface area contributed by atoms with Crippen LogP contribution in [0.3, 0.4) is 0 Å². The van der Waals surface area contributed by atoms with Crippen molar-refractivity contribution in [3.63, 3.8) is 0 Å². The number of fused-ring (bicyclic) bond motifs is 1. The standard InChI is InChI=1S/C30H31F3N2O5/c1-5-20-15-21(39-17-22-16-35(3)25-8-6-7-9-26(25)40-22)12-18(2)28(20)29(37)34-24-13-19(14-27(36)38-4)10-11-23(24)30(31,32)33/h6-13,15,22H,5,14,16-17H2,1-4H3,(H,34,37)/t22-/m0/s1. The Labute approximate surface area is 230 Å². The van der Waals surface area contributed by atoms with Crippen molar-refractivity contribution < 1.29 is 37.0 Å². The van der Waals surface area contributed by atoms with Gasteiger partial charge in [0.2, 0.25) is 0 Å². The van der Waals surface area contributed by atoms with Crippen molar-refractivity contribution in [2.45, 2.75) is 39.0 Å². The van der Waals surface area contributed by atoms with Crippen LogP contribution in [0.15, 0.2) is 54.6 Å². The number of hydrogen-bond acceptors (Lipinski definition) is 6. The Morgan fingerprint density at radius 2 is 1.88 bits per heavy atom. The first-order chi connectivity index (χ1) is 19.0. The molecule has 0 radical (unpaired) electrons. The maximum atomic E-state index is 13.7. The Bertz CT molecular complexity index is 1410. The molecule has 10 heteroatoms. The Balaban J connectivity index is 1.53. The van der Waals surface area contributed by atoms with E-state index in [1.165, 1.54) is 13.2 Å². The summed E-state index contributed by atoms with van der Waals surface area (Å²) < 4.78 is 57.8. The highest BCUT2D eigenvalue weighted by Crippen LogP contribution is 2.36. The SMILES string of the molecule is CCc1cc(OC[C@@H]2CN(C)c3ccccc3O2)cc(C)c1C(=O)Nc1cc(CC(=O)OC)ccc1C(F)(F)F. The van der Waals surface area contributed by atoms with Crippen LogP contribution in [0.1, 0.15) is 39.5 Å². The van der Waals surface area contributed by atoms with Crippen molar-refractivity contribution in [3.8, 4) is 11.5 Å². The van der Waals surface area contributed by atoms with Crippen LogP contribution in [0, 0.1) is 6.92 Å². The number of hydrogen-bond donors (Lipinski definition) is 1. The Kier molecular flexibility index (Phi) is 8.56. The van der Waals surface area contributed by atoms with Crippen LogP contribution in [0.4, 0.5) is 24.5 Å². The van der Waals surface area contributed by atoms with Crippen LogP contribution in [0.25, 0.3) is 0 Å². The Hall–Kier alpha value is -4.21. The maximum Gasteiger partial charge on any atom is 0.418 e. The van der Waals surface area contributed by atoms with Crippen molar-refractivity contribution in [2.24, 2.45) is 0 Å². The topological polar surface area (TPSA) is 77.1 Å². The number of halogens is 3. The molecule has 0 spiro atoms. The van der Waals surface area contributed by atoms with Gasteiger partial charge in [0.1, 0.15) is 24.2 Å². The van der Waals surface area contributed by atoms with Crippen molar-refractivity contribution in [3.05, 3.63) is 82.4 Å². The third kappa shape index (κ3) is 6.50. The first-order valence-electron chi connectivity index (χ1n) is 12.8. The fraction of sp³-hybridized carbons (Fsp3) is 0.333. The van der Waals surface area contributed by atoms with Gasteiger partial charge >= 0.3 is 12.1 Å². The highest BCUT2D eigenvalue weighted by atomic mass is 19.4. The molecule has 0 fully saturated rings. The van der Waals surface area contributed by atoms with E-state index in [9.17, 15) is 22.8 Å². The quantitative estimate of drug-likeness (QED) is 0.353. The number of nitrogens with one attached hydrogen (secondary N) is 1. The lowest BCUT2D eigenvalue weighted by Crippen LogP contribution is -2.41. The molecule has 0 unspecified atom stereocenters.